The first kappa shape index (κ1) is 18.1. The van der Waals surface area contributed by atoms with Crippen LogP contribution in [0, 0.1) is 18.8 Å². The van der Waals surface area contributed by atoms with E-state index in [0.717, 1.165) is 18.7 Å². The smallest absolute Gasteiger partial charge is 0.253 e. The molecular weight excluding hydrogens is 326 g/mol. The van der Waals surface area contributed by atoms with Gasteiger partial charge in [-0.25, -0.2) is 0 Å². The molecule has 5 heteroatoms. The van der Waals surface area contributed by atoms with Crippen molar-refractivity contribution in [3.63, 3.8) is 0 Å². The quantitative estimate of drug-likeness (QED) is 0.749. The minimum atomic E-state index is -0.195. The van der Waals surface area contributed by atoms with Crippen LogP contribution in [-0.4, -0.2) is 24.9 Å². The highest BCUT2D eigenvalue weighted by atomic mass is 16.2. The van der Waals surface area contributed by atoms with Gasteiger partial charge in [-0.3, -0.25) is 9.59 Å². The second-order valence-corrected chi connectivity index (χ2v) is 6.91. The number of hydrogen-bond donors (Lipinski definition) is 3. The first-order valence-electron chi connectivity index (χ1n) is 8.99. The number of rotatable bonds is 6. The van der Waals surface area contributed by atoms with Crippen LogP contribution in [0.1, 0.15) is 28.4 Å². The fourth-order valence-electron chi connectivity index (χ4n) is 2.90. The molecule has 0 spiro atoms. The minimum Gasteiger partial charge on any atom is -0.348 e. The molecule has 1 aliphatic heterocycles. The summed E-state index contributed by atoms with van der Waals surface area (Å²) in [5.41, 5.74) is 3.26. The lowest BCUT2D eigenvalue weighted by Crippen LogP contribution is -2.48. The van der Waals surface area contributed by atoms with Crippen molar-refractivity contribution >= 4 is 17.5 Å². The Morgan fingerprint density at radius 2 is 1.81 bits per heavy atom. The van der Waals surface area contributed by atoms with Crippen molar-refractivity contribution in [2.75, 3.05) is 18.4 Å². The van der Waals surface area contributed by atoms with E-state index in [9.17, 15) is 9.59 Å². The van der Waals surface area contributed by atoms with Gasteiger partial charge in [-0.2, -0.15) is 0 Å². The molecule has 2 aromatic carbocycles. The molecule has 0 aromatic heterocycles. The van der Waals surface area contributed by atoms with Crippen LogP contribution in [0.5, 0.6) is 0 Å². The van der Waals surface area contributed by atoms with E-state index >= 15 is 0 Å². The van der Waals surface area contributed by atoms with E-state index in [1.165, 1.54) is 5.56 Å². The van der Waals surface area contributed by atoms with Gasteiger partial charge < -0.3 is 16.0 Å². The van der Waals surface area contributed by atoms with Crippen LogP contribution in [0.2, 0.25) is 0 Å². The fourth-order valence-corrected chi connectivity index (χ4v) is 2.90. The fraction of sp³-hybridized carbons (Fsp3) is 0.333. The topological polar surface area (TPSA) is 70.2 Å². The van der Waals surface area contributed by atoms with Gasteiger partial charge >= 0.3 is 0 Å². The number of nitrogens with one attached hydrogen (secondary N) is 3. The Hall–Kier alpha value is -2.66. The average molecular weight is 351 g/mol. The molecule has 0 saturated carbocycles. The number of aryl methyl sites for hydroxylation is 1. The Balaban J connectivity index is 1.64. The van der Waals surface area contributed by atoms with Crippen molar-refractivity contribution in [2.45, 2.75) is 20.4 Å². The molecule has 26 heavy (non-hydrogen) atoms. The number of carbonyl (C=O) groups is 2. The second-order valence-electron chi connectivity index (χ2n) is 6.91. The van der Waals surface area contributed by atoms with Crippen LogP contribution in [0.25, 0.3) is 0 Å². The molecule has 1 saturated heterocycles. The minimum absolute atomic E-state index is 0.0460. The summed E-state index contributed by atoms with van der Waals surface area (Å²) in [7, 11) is 0. The van der Waals surface area contributed by atoms with Gasteiger partial charge in [-0.15, -0.1) is 0 Å². The number of benzene rings is 2. The van der Waals surface area contributed by atoms with Crippen LogP contribution in [0.15, 0.2) is 48.5 Å². The van der Waals surface area contributed by atoms with Crippen molar-refractivity contribution in [2.24, 2.45) is 11.8 Å². The molecule has 0 radical (unpaired) electrons. The highest BCUT2D eigenvalue weighted by Gasteiger charge is 2.29. The Labute approximate surface area is 154 Å². The third-order valence-electron chi connectivity index (χ3n) is 4.94. The summed E-state index contributed by atoms with van der Waals surface area (Å²) in [4.78, 5) is 25.0. The van der Waals surface area contributed by atoms with E-state index in [1.54, 1.807) is 18.2 Å². The summed E-state index contributed by atoms with van der Waals surface area (Å²) in [6, 6.07) is 15.2. The lowest BCUT2D eigenvalue weighted by atomic mass is 9.88. The zero-order valence-corrected chi connectivity index (χ0v) is 15.2. The zero-order chi connectivity index (χ0) is 18.5. The van der Waals surface area contributed by atoms with Crippen molar-refractivity contribution in [1.29, 1.82) is 0 Å². The zero-order valence-electron chi connectivity index (χ0n) is 15.2. The Bertz CT molecular complexity index is 782. The lowest BCUT2D eigenvalue weighted by Gasteiger charge is -2.31. The summed E-state index contributed by atoms with van der Waals surface area (Å²) in [5.74, 6) is 0.0344. The van der Waals surface area contributed by atoms with Gasteiger partial charge in [-0.05, 0) is 43.6 Å². The van der Waals surface area contributed by atoms with E-state index < -0.39 is 0 Å². The average Bonchev–Trinajstić information content (AvgIpc) is 2.60. The summed E-state index contributed by atoms with van der Waals surface area (Å²) in [6.45, 7) is 6.15. The maximum Gasteiger partial charge on any atom is 0.253 e. The first-order valence-corrected chi connectivity index (χ1v) is 8.99. The highest BCUT2D eigenvalue weighted by molar-refractivity contribution is 6.04. The Kier molecular flexibility index (Phi) is 5.68. The van der Waals surface area contributed by atoms with Crippen LogP contribution < -0.4 is 16.0 Å². The van der Waals surface area contributed by atoms with Gasteiger partial charge in [0.05, 0.1) is 11.3 Å². The largest absolute Gasteiger partial charge is 0.348 e. The molecule has 1 fully saturated rings. The lowest BCUT2D eigenvalue weighted by molar-refractivity contribution is -0.121. The van der Waals surface area contributed by atoms with Crippen LogP contribution in [0.3, 0.4) is 0 Å². The predicted octanol–water partition coefficient (Wildman–Crippen LogP) is 2.72. The van der Waals surface area contributed by atoms with Crippen molar-refractivity contribution in [3.8, 4) is 0 Å². The highest BCUT2D eigenvalue weighted by Crippen LogP contribution is 2.20. The standard InChI is InChI=1S/C21H25N3O2/c1-14-7-9-16(10-8-14)11-23-21(26)18-5-3-4-6-19(18)24-20(25)15(2)17-12-22-13-17/h3-10,15,17,22H,11-13H2,1-2H3,(H,23,26)(H,24,25). The van der Waals surface area contributed by atoms with Gasteiger partial charge in [0.25, 0.3) is 5.91 Å². The predicted molar refractivity (Wildman–Crippen MR) is 103 cm³/mol. The third-order valence-corrected chi connectivity index (χ3v) is 4.94. The van der Waals surface area contributed by atoms with E-state index in [-0.39, 0.29) is 17.7 Å². The Morgan fingerprint density at radius 3 is 2.46 bits per heavy atom. The van der Waals surface area contributed by atoms with Crippen LogP contribution in [-0.2, 0) is 11.3 Å². The summed E-state index contributed by atoms with van der Waals surface area (Å²) in [6.07, 6.45) is 0. The molecule has 1 atom stereocenters. The molecule has 1 aliphatic rings. The molecule has 1 heterocycles. The van der Waals surface area contributed by atoms with Crippen LogP contribution >= 0.6 is 0 Å². The van der Waals surface area contributed by atoms with Crippen molar-refractivity contribution in [3.05, 3.63) is 65.2 Å². The van der Waals surface area contributed by atoms with Crippen molar-refractivity contribution in [1.82, 2.24) is 10.6 Å². The third kappa shape index (κ3) is 4.29. The molecule has 2 amide bonds. The van der Waals surface area contributed by atoms with Gasteiger partial charge in [0, 0.05) is 12.5 Å². The molecule has 136 valence electrons. The summed E-state index contributed by atoms with van der Waals surface area (Å²) >= 11 is 0. The normalized spacial score (nSPS) is 15.0. The molecule has 3 rings (SSSR count). The van der Waals surface area contributed by atoms with Gasteiger partial charge in [-0.1, -0.05) is 48.9 Å². The van der Waals surface area contributed by atoms with E-state index in [0.29, 0.717) is 23.7 Å². The monoisotopic (exact) mass is 351 g/mol. The number of carbonyl (C=O) groups excluding carboxylic acids is 2. The Morgan fingerprint density at radius 1 is 1.12 bits per heavy atom. The van der Waals surface area contributed by atoms with Crippen LogP contribution in [0.4, 0.5) is 5.69 Å². The van der Waals surface area contributed by atoms with Crippen molar-refractivity contribution < 1.29 is 9.59 Å². The number of para-hydroxylation sites is 1. The maximum absolute atomic E-state index is 12.6. The molecule has 0 bridgehead atoms. The summed E-state index contributed by atoms with van der Waals surface area (Å²) < 4.78 is 0. The molecule has 2 aromatic rings. The molecular formula is C21H25N3O2. The maximum atomic E-state index is 12.6. The van der Waals surface area contributed by atoms with Gasteiger partial charge in [0.1, 0.15) is 0 Å². The molecule has 3 N–H and O–H groups in total. The van der Waals surface area contributed by atoms with Gasteiger partial charge in [0.15, 0.2) is 0 Å². The SMILES string of the molecule is Cc1ccc(CNC(=O)c2ccccc2NC(=O)C(C)C2CNC2)cc1. The molecule has 0 aliphatic carbocycles. The van der Waals surface area contributed by atoms with E-state index in [4.69, 9.17) is 0 Å². The molecule has 5 nitrogen and oxygen atoms in total. The van der Waals surface area contributed by atoms with E-state index in [2.05, 4.69) is 16.0 Å². The number of hydrogen-bond acceptors (Lipinski definition) is 3. The number of anilines is 1. The van der Waals surface area contributed by atoms with E-state index in [1.807, 2.05) is 44.2 Å². The summed E-state index contributed by atoms with van der Waals surface area (Å²) in [5, 5.41) is 9.02. The second kappa shape index (κ2) is 8.15. The number of amides is 2. The molecule has 1 unspecified atom stereocenters. The first-order chi connectivity index (χ1) is 12.5. The van der Waals surface area contributed by atoms with Gasteiger partial charge in [0.2, 0.25) is 5.91 Å².